The molecule has 1 aromatic carbocycles. The van der Waals surface area contributed by atoms with Crippen LogP contribution in [0.4, 0.5) is 16.3 Å². The van der Waals surface area contributed by atoms with E-state index in [-0.39, 0.29) is 17.5 Å². The number of benzene rings is 1. The molecule has 0 saturated carbocycles. The molecule has 6 heteroatoms. The van der Waals surface area contributed by atoms with Crippen molar-refractivity contribution in [2.24, 2.45) is 0 Å². The molecule has 0 bridgehead atoms. The Morgan fingerprint density at radius 2 is 1.86 bits per heavy atom. The Labute approximate surface area is 167 Å². The van der Waals surface area contributed by atoms with Crippen LogP contribution in [0.15, 0.2) is 42.5 Å². The topological polar surface area (TPSA) is 57.7 Å². The molecule has 2 heterocycles. The zero-order valence-electron chi connectivity index (χ0n) is 17.4. The number of anilines is 2. The summed E-state index contributed by atoms with van der Waals surface area (Å²) in [5.74, 6) is 1.48. The lowest BCUT2D eigenvalue weighted by atomic mass is 9.87. The van der Waals surface area contributed by atoms with Gasteiger partial charge >= 0.3 is 6.03 Å². The Morgan fingerprint density at radius 1 is 1.14 bits per heavy atom. The Balaban J connectivity index is 1.61. The number of carbonyl (C=O) groups is 1. The third-order valence-electron chi connectivity index (χ3n) is 5.13. The van der Waals surface area contributed by atoms with E-state index in [0.717, 1.165) is 24.6 Å². The van der Waals surface area contributed by atoms with Gasteiger partial charge in [-0.15, -0.1) is 0 Å². The number of methoxy groups -OCH3 is 1. The Morgan fingerprint density at radius 3 is 2.46 bits per heavy atom. The summed E-state index contributed by atoms with van der Waals surface area (Å²) in [6, 6.07) is 13.9. The third kappa shape index (κ3) is 4.55. The molecule has 0 spiro atoms. The second-order valence-corrected chi connectivity index (χ2v) is 8.28. The third-order valence-corrected chi connectivity index (χ3v) is 5.13. The van der Waals surface area contributed by atoms with Crippen LogP contribution in [0.5, 0.6) is 5.88 Å². The molecule has 0 unspecified atom stereocenters. The highest BCUT2D eigenvalue weighted by atomic mass is 16.5. The lowest BCUT2D eigenvalue weighted by Gasteiger charge is -2.40. The van der Waals surface area contributed by atoms with Crippen molar-refractivity contribution in [3.05, 3.63) is 48.0 Å². The van der Waals surface area contributed by atoms with Crippen molar-refractivity contribution >= 4 is 17.5 Å². The number of aromatic nitrogens is 1. The first-order chi connectivity index (χ1) is 13.3. The summed E-state index contributed by atoms with van der Waals surface area (Å²) in [7, 11) is 1.62. The van der Waals surface area contributed by atoms with Crippen molar-refractivity contribution in [3.8, 4) is 5.88 Å². The molecule has 1 fully saturated rings. The first kappa shape index (κ1) is 20.0. The molecule has 2 amide bonds. The van der Waals surface area contributed by atoms with Gasteiger partial charge in [-0.1, -0.05) is 39.0 Å². The van der Waals surface area contributed by atoms with E-state index in [1.54, 1.807) is 7.11 Å². The number of piperazine rings is 1. The maximum Gasteiger partial charge on any atom is 0.322 e. The van der Waals surface area contributed by atoms with E-state index in [1.807, 2.05) is 35.2 Å². The van der Waals surface area contributed by atoms with Crippen molar-refractivity contribution in [1.82, 2.24) is 9.88 Å². The fourth-order valence-corrected chi connectivity index (χ4v) is 3.41. The number of rotatable bonds is 3. The number of urea groups is 1. The number of hydrogen-bond donors (Lipinski definition) is 1. The number of pyridine rings is 1. The minimum absolute atomic E-state index is 0.0609. The molecule has 1 atom stereocenters. The summed E-state index contributed by atoms with van der Waals surface area (Å²) >= 11 is 0. The Bertz CT molecular complexity index is 814. The maximum atomic E-state index is 12.8. The lowest BCUT2D eigenvalue weighted by molar-refractivity contribution is 0.184. The SMILES string of the molecule is COc1cccc(N2CCN(C(=O)Nc3ccc(C(C)(C)C)cc3)[C@H](C)C2)n1. The van der Waals surface area contributed by atoms with Gasteiger partial charge in [-0.2, -0.15) is 4.98 Å². The molecule has 1 N–H and O–H groups in total. The van der Waals surface area contributed by atoms with Crippen LogP contribution in [0.25, 0.3) is 0 Å². The lowest BCUT2D eigenvalue weighted by Crippen LogP contribution is -2.55. The molecule has 28 heavy (non-hydrogen) atoms. The molecule has 0 radical (unpaired) electrons. The minimum atomic E-state index is -0.0609. The largest absolute Gasteiger partial charge is 0.481 e. The number of hydrogen-bond acceptors (Lipinski definition) is 4. The molecule has 1 aliphatic heterocycles. The van der Waals surface area contributed by atoms with Gasteiger partial charge in [-0.05, 0) is 36.1 Å². The number of amides is 2. The van der Waals surface area contributed by atoms with Crippen LogP contribution in [-0.4, -0.2) is 48.7 Å². The first-order valence-corrected chi connectivity index (χ1v) is 9.72. The second-order valence-electron chi connectivity index (χ2n) is 8.28. The average Bonchev–Trinajstić information content (AvgIpc) is 2.67. The Hall–Kier alpha value is -2.76. The van der Waals surface area contributed by atoms with Crippen LogP contribution in [0.3, 0.4) is 0 Å². The monoisotopic (exact) mass is 382 g/mol. The van der Waals surface area contributed by atoms with Gasteiger partial charge in [0.05, 0.1) is 7.11 Å². The highest BCUT2D eigenvalue weighted by Gasteiger charge is 2.28. The highest BCUT2D eigenvalue weighted by molar-refractivity contribution is 5.89. The quantitative estimate of drug-likeness (QED) is 0.867. The smallest absolute Gasteiger partial charge is 0.322 e. The first-order valence-electron chi connectivity index (χ1n) is 9.72. The van der Waals surface area contributed by atoms with E-state index in [0.29, 0.717) is 12.4 Å². The zero-order chi connectivity index (χ0) is 20.3. The van der Waals surface area contributed by atoms with E-state index in [9.17, 15) is 4.79 Å². The standard InChI is InChI=1S/C22H30N4O2/c1-16-15-25(19-7-6-8-20(24-19)28-5)13-14-26(16)21(27)23-18-11-9-17(10-12-18)22(2,3)4/h6-12,16H,13-15H2,1-5H3,(H,23,27)/t16-/m1/s1. The summed E-state index contributed by atoms with van der Waals surface area (Å²) in [6.45, 7) is 10.7. The number of nitrogens with zero attached hydrogens (tertiary/aromatic N) is 3. The summed E-state index contributed by atoms with van der Waals surface area (Å²) in [4.78, 5) is 21.3. The van der Waals surface area contributed by atoms with Gasteiger partial charge in [0.15, 0.2) is 0 Å². The molecular formula is C22H30N4O2. The van der Waals surface area contributed by atoms with Gasteiger partial charge in [-0.3, -0.25) is 0 Å². The van der Waals surface area contributed by atoms with Crippen LogP contribution < -0.4 is 15.0 Å². The zero-order valence-corrected chi connectivity index (χ0v) is 17.4. The fourth-order valence-electron chi connectivity index (χ4n) is 3.41. The van der Waals surface area contributed by atoms with Crippen LogP contribution in [-0.2, 0) is 5.41 Å². The van der Waals surface area contributed by atoms with Gasteiger partial charge in [0.1, 0.15) is 5.82 Å². The molecule has 2 aromatic rings. The van der Waals surface area contributed by atoms with E-state index < -0.39 is 0 Å². The maximum absolute atomic E-state index is 12.8. The normalized spacial score (nSPS) is 17.4. The minimum Gasteiger partial charge on any atom is -0.481 e. The van der Waals surface area contributed by atoms with E-state index >= 15 is 0 Å². The fraction of sp³-hybridized carbons (Fsp3) is 0.455. The van der Waals surface area contributed by atoms with Crippen molar-refractivity contribution in [1.29, 1.82) is 0 Å². The summed E-state index contributed by atoms with van der Waals surface area (Å²) in [6.07, 6.45) is 0. The average molecular weight is 383 g/mol. The molecule has 1 aromatic heterocycles. The van der Waals surface area contributed by atoms with Crippen molar-refractivity contribution in [3.63, 3.8) is 0 Å². The predicted octanol–water partition coefficient (Wildman–Crippen LogP) is 4.13. The molecule has 0 aliphatic carbocycles. The van der Waals surface area contributed by atoms with Crippen molar-refractivity contribution in [2.75, 3.05) is 37.0 Å². The molecule has 1 saturated heterocycles. The second kappa shape index (κ2) is 8.09. The van der Waals surface area contributed by atoms with Crippen LogP contribution in [0.2, 0.25) is 0 Å². The Kier molecular flexibility index (Phi) is 5.77. The molecular weight excluding hydrogens is 352 g/mol. The van der Waals surface area contributed by atoms with Crippen LogP contribution >= 0.6 is 0 Å². The van der Waals surface area contributed by atoms with Gasteiger partial charge in [0.2, 0.25) is 5.88 Å². The van der Waals surface area contributed by atoms with Gasteiger partial charge in [0.25, 0.3) is 0 Å². The summed E-state index contributed by atoms with van der Waals surface area (Å²) in [5.41, 5.74) is 2.17. The van der Waals surface area contributed by atoms with E-state index in [4.69, 9.17) is 4.74 Å². The summed E-state index contributed by atoms with van der Waals surface area (Å²) < 4.78 is 5.22. The molecule has 1 aliphatic rings. The summed E-state index contributed by atoms with van der Waals surface area (Å²) in [5, 5.41) is 3.03. The van der Waals surface area contributed by atoms with Gasteiger partial charge in [0, 0.05) is 37.4 Å². The highest BCUT2D eigenvalue weighted by Crippen LogP contribution is 2.24. The molecule has 3 rings (SSSR count). The van der Waals surface area contributed by atoms with Crippen LogP contribution in [0, 0.1) is 0 Å². The van der Waals surface area contributed by atoms with Gasteiger partial charge in [-0.25, -0.2) is 4.79 Å². The number of carbonyl (C=O) groups excluding carboxylic acids is 1. The van der Waals surface area contributed by atoms with Crippen molar-refractivity contribution in [2.45, 2.75) is 39.2 Å². The van der Waals surface area contributed by atoms with Crippen LogP contribution in [0.1, 0.15) is 33.3 Å². The van der Waals surface area contributed by atoms with Gasteiger partial charge < -0.3 is 19.9 Å². The number of nitrogens with one attached hydrogen (secondary N) is 1. The predicted molar refractivity (Wildman–Crippen MR) is 113 cm³/mol. The van der Waals surface area contributed by atoms with E-state index in [1.165, 1.54) is 5.56 Å². The number of ether oxygens (including phenoxy) is 1. The van der Waals surface area contributed by atoms with E-state index in [2.05, 4.69) is 55.0 Å². The molecule has 6 nitrogen and oxygen atoms in total. The molecule has 150 valence electrons. The van der Waals surface area contributed by atoms with Crippen molar-refractivity contribution < 1.29 is 9.53 Å².